The summed E-state index contributed by atoms with van der Waals surface area (Å²) in [5.41, 5.74) is 22.7. The molecule has 0 bridgehead atoms. The number of hydrogen-bond donors (Lipinski definition) is 0. The summed E-state index contributed by atoms with van der Waals surface area (Å²) in [6.45, 7) is 0. The Balaban J connectivity index is 0.000000139. The lowest BCUT2D eigenvalue weighted by atomic mass is 9.64. The van der Waals surface area contributed by atoms with E-state index in [0.717, 1.165) is 50.3 Å². The van der Waals surface area contributed by atoms with Crippen LogP contribution in [0.4, 0.5) is 34.1 Å². The van der Waals surface area contributed by atoms with Gasteiger partial charge in [-0.15, -0.1) is 11.3 Å². The molecule has 4 aliphatic heterocycles. The van der Waals surface area contributed by atoms with E-state index in [9.17, 15) is 0 Å². The molecule has 24 aromatic rings. The molecule has 3 nitrogen and oxygen atoms in total. The first-order chi connectivity index (χ1) is 68.5. The van der Waals surface area contributed by atoms with Gasteiger partial charge in [-0.1, -0.05) is 466 Å². The number of hydrogen-bond acceptors (Lipinski definition) is 6. The van der Waals surface area contributed by atoms with E-state index in [0.29, 0.717) is 0 Å². The van der Waals surface area contributed by atoms with Gasteiger partial charge in [0.2, 0.25) is 0 Å². The third-order valence-corrected chi connectivity index (χ3v) is 43.1. The highest BCUT2D eigenvalue weighted by Crippen LogP contribution is 2.63. The Labute approximate surface area is 816 Å². The van der Waals surface area contributed by atoms with Gasteiger partial charge < -0.3 is 14.2 Å². The first-order valence-corrected chi connectivity index (χ1v) is 53.9. The molecule has 0 saturated heterocycles. The predicted molar refractivity (Wildman–Crippen MR) is 588 cm³/mol. The van der Waals surface area contributed by atoms with Crippen LogP contribution in [0.2, 0.25) is 0 Å². The molecule has 0 amide bonds. The number of furan rings is 1. The second-order valence-corrected chi connectivity index (χ2v) is 47.1. The molecule has 138 heavy (non-hydrogen) atoms. The normalized spacial score (nSPS) is 14.0. The second kappa shape index (κ2) is 33.0. The number of rotatable bonds is 12. The minimum absolute atomic E-state index is 0.613. The Bertz CT molecular complexity index is 8750. The number of anilines is 6. The van der Waals surface area contributed by atoms with Crippen LogP contribution < -0.4 is 51.3 Å². The Kier molecular flexibility index (Phi) is 19.5. The summed E-state index contributed by atoms with van der Waals surface area (Å²) in [6.07, 6.45) is 0. The lowest BCUT2D eigenvalue weighted by Gasteiger charge is -2.52. The van der Waals surface area contributed by atoms with Crippen LogP contribution in [0.3, 0.4) is 0 Å². The van der Waals surface area contributed by atoms with Crippen LogP contribution >= 0.6 is 34.9 Å². The van der Waals surface area contributed by atoms with E-state index >= 15 is 0 Å². The van der Waals surface area contributed by atoms with Crippen LogP contribution in [0.5, 0.6) is 0 Å². The summed E-state index contributed by atoms with van der Waals surface area (Å²) in [6, 6.07) is 196. The molecule has 2 aromatic heterocycles. The Hall–Kier alpha value is -15.9. The van der Waals surface area contributed by atoms with Crippen molar-refractivity contribution >= 4 is 190 Å². The van der Waals surface area contributed by atoms with Crippen molar-refractivity contribution in [1.29, 1.82) is 0 Å². The van der Waals surface area contributed by atoms with Gasteiger partial charge in [-0.25, -0.2) is 0 Å². The summed E-state index contributed by atoms with van der Waals surface area (Å²) in [4.78, 5) is 10.1. The van der Waals surface area contributed by atoms with Gasteiger partial charge >= 0.3 is 0 Å². The van der Waals surface area contributed by atoms with Crippen molar-refractivity contribution in [2.45, 2.75) is 30.4 Å². The highest BCUT2D eigenvalue weighted by atomic mass is 32.2. The zero-order valence-corrected chi connectivity index (χ0v) is 79.6. The number of nitrogens with zero attached hydrogens (tertiary/aromatic N) is 2. The maximum absolute atomic E-state index is 6.63. The summed E-state index contributed by atoms with van der Waals surface area (Å²) >= 11 is 5.71. The van der Waals surface area contributed by atoms with Crippen LogP contribution in [0.1, 0.15) is 44.5 Å². The molecule has 0 saturated carbocycles. The Morgan fingerprint density at radius 3 is 1.09 bits per heavy atom. The summed E-state index contributed by atoms with van der Waals surface area (Å²) < 4.78 is 9.21. The van der Waals surface area contributed by atoms with Crippen LogP contribution in [0.25, 0.3) is 85.9 Å². The van der Waals surface area contributed by atoms with E-state index < -0.39 is 27.0 Å². The maximum atomic E-state index is 6.63. The molecule has 0 fully saturated rings. The monoisotopic (exact) mass is 1840 g/mol. The van der Waals surface area contributed by atoms with Gasteiger partial charge in [-0.3, -0.25) is 0 Å². The van der Waals surface area contributed by atoms with Crippen LogP contribution in [-0.2, 0) is 10.8 Å². The van der Waals surface area contributed by atoms with Crippen molar-refractivity contribution in [3.63, 3.8) is 0 Å². The zero-order valence-electron chi connectivity index (χ0n) is 75.2. The third-order valence-electron chi connectivity index (χ3n) is 29.7. The number of fused-ring (bicyclic) bond motifs is 25. The van der Waals surface area contributed by atoms with E-state index in [1.165, 1.54) is 175 Å². The van der Waals surface area contributed by atoms with Gasteiger partial charge in [0.05, 0.1) is 43.7 Å². The van der Waals surface area contributed by atoms with E-state index in [2.05, 4.69) is 532 Å². The van der Waals surface area contributed by atoms with Crippen molar-refractivity contribution in [2.75, 3.05) is 9.80 Å². The molecule has 28 rings (SSSR count). The number of para-hydroxylation sites is 1. The van der Waals surface area contributed by atoms with E-state index in [-0.39, 0.29) is 0 Å². The molecular formula is C130H86N2OS3Si2. The summed E-state index contributed by atoms with van der Waals surface area (Å²) in [7, 11) is -5.78. The highest BCUT2D eigenvalue weighted by Gasteiger charge is 2.60. The molecule has 648 valence electrons. The Morgan fingerprint density at radius 1 is 0.217 bits per heavy atom. The largest absolute Gasteiger partial charge is 0.456 e. The van der Waals surface area contributed by atoms with E-state index in [4.69, 9.17) is 4.42 Å². The molecule has 6 heterocycles. The lowest BCUT2D eigenvalue weighted by Crippen LogP contribution is -2.79. The van der Waals surface area contributed by atoms with Crippen molar-refractivity contribution in [1.82, 2.24) is 0 Å². The van der Waals surface area contributed by atoms with Gasteiger partial charge in [-0.05, 0) is 209 Å². The Morgan fingerprint density at radius 2 is 0.565 bits per heavy atom. The molecule has 0 N–H and O–H groups in total. The molecule has 0 unspecified atom stereocenters. The number of thiophene rings is 1. The SMILES string of the molecule is c1ccc(-c2ccc(-c3ccc(N(c4cccc5c4Sc4ccccc4C54c5ccccc5[Si](c5ccccc5)(c5ccccc5)c5ccccc54)c4cccc5oc6ccccc6c45)cc3)cc2)cc1.c1ccc([Si]2(c3ccccc3)c3ccccc3C3(c4ccccc4Sc4c(N(c5ccc6c(ccc7ccccc76)c5)c5cccc6c5sc5ccccc56)cccc43)c3ccccc32)cc1. The zero-order chi connectivity index (χ0) is 91.0. The third kappa shape index (κ3) is 12.2. The van der Waals surface area contributed by atoms with Gasteiger partial charge in [0.25, 0.3) is 0 Å². The van der Waals surface area contributed by atoms with Gasteiger partial charge in [0, 0.05) is 51.8 Å². The molecular weight excluding hydrogens is 1760 g/mol. The van der Waals surface area contributed by atoms with E-state index in [1.54, 1.807) is 0 Å². The predicted octanol–water partition coefficient (Wildman–Crippen LogP) is 29.3. The summed E-state index contributed by atoms with van der Waals surface area (Å²) in [5.74, 6) is 0. The average molecular weight is 1840 g/mol. The topological polar surface area (TPSA) is 19.6 Å². The average Bonchev–Trinajstić information content (AvgIpc) is 0.763. The second-order valence-electron chi connectivity index (χ2n) is 36.5. The fraction of sp³-hybridized carbons (Fsp3) is 0.0154. The first-order valence-electron chi connectivity index (χ1n) is 47.5. The van der Waals surface area contributed by atoms with Crippen LogP contribution in [0, 0.1) is 0 Å². The van der Waals surface area contributed by atoms with Gasteiger partial charge in [-0.2, -0.15) is 0 Å². The molecule has 4 aliphatic rings. The van der Waals surface area contributed by atoms with Gasteiger partial charge in [0.15, 0.2) is 16.1 Å². The van der Waals surface area contributed by atoms with Crippen molar-refractivity contribution in [2.24, 2.45) is 0 Å². The molecule has 22 aromatic carbocycles. The van der Waals surface area contributed by atoms with Crippen molar-refractivity contribution < 1.29 is 4.42 Å². The fourth-order valence-corrected chi connectivity index (χ4v) is 38.5. The number of benzene rings is 22. The van der Waals surface area contributed by atoms with E-state index in [1.807, 2.05) is 34.9 Å². The highest BCUT2D eigenvalue weighted by molar-refractivity contribution is 8.00. The first kappa shape index (κ1) is 81.7. The van der Waals surface area contributed by atoms with Crippen LogP contribution in [0.15, 0.2) is 546 Å². The molecule has 8 heteroatoms. The minimum Gasteiger partial charge on any atom is -0.456 e. The maximum Gasteiger partial charge on any atom is 0.180 e. The standard InChI is InChI=1S/C67H45NOSSi.C63H41NS2Si/c1-4-20-46(21-5-1)47-38-40-48(41-39-47)49-42-44-50(45-43-49)68(58-31-19-34-61-65(58)53-26-10-14-33-60(53)69-61)59-32-18-30-57-66(59)70-62-35-15-11-27-54(62)67(57)55-28-12-16-36-63(55)71(51-22-6-2-7-23-51,52-24-8-3-9-25-52)64-37-17-13-29-56(64)67;1-3-20-45(21-4-1)67(46-22-5-2-6-23-46)59-35-15-11-28-52(59)63(53-29-12-16-36-60(53)67)51-27-10-14-34-58(51)66-62-54(63)30-18-32-56(62)64(55-31-17-26-50-49-25-9-13-33-57(49)65-61(50)55)44-39-40-48-43(41-44)38-37-42-19-7-8-24-47(42)48/h1-45H;1-41H. The van der Waals surface area contributed by atoms with Crippen molar-refractivity contribution in [3.05, 3.63) is 566 Å². The molecule has 0 atom stereocenters. The fourth-order valence-electron chi connectivity index (χ4n) is 24.2. The molecule has 0 radical (unpaired) electrons. The molecule has 2 spiro atoms. The van der Waals surface area contributed by atoms with Crippen LogP contribution in [-0.4, -0.2) is 16.1 Å². The van der Waals surface area contributed by atoms with Gasteiger partial charge in [0.1, 0.15) is 11.2 Å². The van der Waals surface area contributed by atoms with Crippen molar-refractivity contribution in [3.8, 4) is 22.3 Å². The quantitative estimate of drug-likeness (QED) is 0.0894. The summed E-state index contributed by atoms with van der Waals surface area (Å²) in [5, 5.41) is 21.1. The lowest BCUT2D eigenvalue weighted by molar-refractivity contribution is 0.669. The molecule has 0 aliphatic carbocycles. The minimum atomic E-state index is -2.90. The smallest absolute Gasteiger partial charge is 0.180 e.